The Hall–Kier alpha value is -3.20. The Balaban J connectivity index is 1.75. The SMILES string of the molecule is CCCCOC(=O)c1ccc(NC(=O)[C@H](Cc2ccccc2)NS(=O)(=O)c2ccc(Cl)cc2)cc1. The Morgan fingerprint density at radius 2 is 1.60 bits per heavy atom. The normalized spacial score (nSPS) is 12.1. The molecule has 3 aromatic rings. The molecule has 3 aromatic carbocycles. The van der Waals surface area contributed by atoms with E-state index >= 15 is 0 Å². The third-order valence-electron chi connectivity index (χ3n) is 5.14. The lowest BCUT2D eigenvalue weighted by Gasteiger charge is -2.19. The Labute approximate surface area is 210 Å². The minimum absolute atomic E-state index is 0.00120. The van der Waals surface area contributed by atoms with Gasteiger partial charge in [-0.15, -0.1) is 0 Å². The highest BCUT2D eigenvalue weighted by molar-refractivity contribution is 7.89. The minimum atomic E-state index is -3.99. The Bertz CT molecular complexity index is 1230. The topological polar surface area (TPSA) is 102 Å². The van der Waals surface area contributed by atoms with E-state index in [1.165, 1.54) is 24.3 Å². The summed E-state index contributed by atoms with van der Waals surface area (Å²) in [6.07, 6.45) is 1.85. The molecule has 0 saturated heterocycles. The van der Waals surface area contributed by atoms with E-state index in [1.54, 1.807) is 24.3 Å². The van der Waals surface area contributed by atoms with Gasteiger partial charge in [-0.2, -0.15) is 4.72 Å². The van der Waals surface area contributed by atoms with Gasteiger partial charge in [0.05, 0.1) is 17.1 Å². The lowest BCUT2D eigenvalue weighted by molar-refractivity contribution is -0.117. The Morgan fingerprint density at radius 1 is 0.943 bits per heavy atom. The molecular weight excluding hydrogens is 488 g/mol. The first-order valence-electron chi connectivity index (χ1n) is 11.2. The molecular formula is C26H27ClN2O5S. The van der Waals surface area contributed by atoms with Crippen LogP contribution in [0.15, 0.2) is 83.8 Å². The van der Waals surface area contributed by atoms with Crippen LogP contribution < -0.4 is 10.0 Å². The molecule has 1 atom stereocenters. The summed E-state index contributed by atoms with van der Waals surface area (Å²) < 4.78 is 33.6. The van der Waals surface area contributed by atoms with Crippen molar-refractivity contribution in [1.82, 2.24) is 4.72 Å². The summed E-state index contributed by atoms with van der Waals surface area (Å²) in [5.41, 5.74) is 1.57. The predicted molar refractivity (Wildman–Crippen MR) is 136 cm³/mol. The first kappa shape index (κ1) is 26.4. The highest BCUT2D eigenvalue weighted by atomic mass is 35.5. The van der Waals surface area contributed by atoms with Gasteiger partial charge in [0.15, 0.2) is 0 Å². The van der Waals surface area contributed by atoms with E-state index in [1.807, 2.05) is 37.3 Å². The van der Waals surface area contributed by atoms with Crippen LogP contribution in [0.5, 0.6) is 0 Å². The highest BCUT2D eigenvalue weighted by Gasteiger charge is 2.26. The summed E-state index contributed by atoms with van der Waals surface area (Å²) >= 11 is 5.87. The molecule has 7 nitrogen and oxygen atoms in total. The van der Waals surface area contributed by atoms with E-state index < -0.39 is 27.9 Å². The molecule has 0 fully saturated rings. The highest BCUT2D eigenvalue weighted by Crippen LogP contribution is 2.17. The van der Waals surface area contributed by atoms with Gasteiger partial charge in [-0.3, -0.25) is 4.79 Å². The number of unbranched alkanes of at least 4 members (excludes halogenated alkanes) is 1. The maximum absolute atomic E-state index is 13.1. The van der Waals surface area contributed by atoms with Crippen LogP contribution in [-0.4, -0.2) is 32.9 Å². The molecule has 1 amide bonds. The average Bonchev–Trinajstić information content (AvgIpc) is 2.85. The van der Waals surface area contributed by atoms with Crippen molar-refractivity contribution in [2.24, 2.45) is 0 Å². The minimum Gasteiger partial charge on any atom is -0.462 e. The van der Waals surface area contributed by atoms with Gasteiger partial charge in [0.2, 0.25) is 15.9 Å². The van der Waals surface area contributed by atoms with Crippen LogP contribution in [0.2, 0.25) is 5.02 Å². The number of anilines is 1. The zero-order valence-corrected chi connectivity index (χ0v) is 20.8. The molecule has 184 valence electrons. The average molecular weight is 515 g/mol. The maximum atomic E-state index is 13.1. The molecule has 0 aliphatic rings. The van der Waals surface area contributed by atoms with Crippen LogP contribution in [-0.2, 0) is 26.0 Å². The van der Waals surface area contributed by atoms with Crippen molar-refractivity contribution < 1.29 is 22.7 Å². The van der Waals surface area contributed by atoms with Crippen LogP contribution >= 0.6 is 11.6 Å². The number of carbonyl (C=O) groups is 2. The van der Waals surface area contributed by atoms with Gasteiger partial charge in [0.25, 0.3) is 0 Å². The van der Waals surface area contributed by atoms with Crippen LogP contribution in [0.4, 0.5) is 5.69 Å². The number of sulfonamides is 1. The zero-order chi connectivity index (χ0) is 25.3. The molecule has 35 heavy (non-hydrogen) atoms. The van der Waals surface area contributed by atoms with Crippen molar-refractivity contribution in [2.45, 2.75) is 37.1 Å². The van der Waals surface area contributed by atoms with Crippen LogP contribution in [0.1, 0.15) is 35.7 Å². The lowest BCUT2D eigenvalue weighted by Crippen LogP contribution is -2.45. The second-order valence-electron chi connectivity index (χ2n) is 7.87. The summed E-state index contributed by atoms with van der Waals surface area (Å²) in [7, 11) is -3.99. The zero-order valence-electron chi connectivity index (χ0n) is 19.2. The number of rotatable bonds is 11. The quantitative estimate of drug-likeness (QED) is 0.282. The monoisotopic (exact) mass is 514 g/mol. The van der Waals surface area contributed by atoms with Crippen molar-refractivity contribution in [3.63, 3.8) is 0 Å². The summed E-state index contributed by atoms with van der Waals surface area (Å²) in [5, 5.41) is 3.13. The molecule has 3 rings (SSSR count). The number of ether oxygens (including phenoxy) is 1. The first-order chi connectivity index (χ1) is 16.8. The van der Waals surface area contributed by atoms with Gasteiger partial charge in [-0.05, 0) is 66.9 Å². The van der Waals surface area contributed by atoms with Crippen molar-refractivity contribution >= 4 is 39.2 Å². The number of carbonyl (C=O) groups excluding carboxylic acids is 2. The van der Waals surface area contributed by atoms with E-state index in [0.29, 0.717) is 22.9 Å². The van der Waals surface area contributed by atoms with Crippen molar-refractivity contribution in [3.8, 4) is 0 Å². The number of halogens is 1. The lowest BCUT2D eigenvalue weighted by atomic mass is 10.1. The second kappa shape index (κ2) is 12.5. The molecule has 0 unspecified atom stereocenters. The molecule has 0 aromatic heterocycles. The van der Waals surface area contributed by atoms with E-state index in [-0.39, 0.29) is 11.3 Å². The molecule has 9 heteroatoms. The summed E-state index contributed by atoms with van der Waals surface area (Å²) in [4.78, 5) is 25.2. The van der Waals surface area contributed by atoms with Crippen LogP contribution in [0, 0.1) is 0 Å². The van der Waals surface area contributed by atoms with E-state index in [0.717, 1.165) is 18.4 Å². The van der Waals surface area contributed by atoms with Gasteiger partial charge in [-0.25, -0.2) is 13.2 Å². The van der Waals surface area contributed by atoms with Gasteiger partial charge in [0, 0.05) is 10.7 Å². The predicted octanol–water partition coefficient (Wildman–Crippen LogP) is 4.83. The van der Waals surface area contributed by atoms with Crippen molar-refractivity contribution in [3.05, 3.63) is 95.0 Å². The number of nitrogens with one attached hydrogen (secondary N) is 2. The van der Waals surface area contributed by atoms with E-state index in [4.69, 9.17) is 16.3 Å². The second-order valence-corrected chi connectivity index (χ2v) is 10.0. The standard InChI is InChI=1S/C26H27ClN2O5S/c1-2-3-17-34-26(31)20-9-13-22(14-10-20)28-25(30)24(18-19-7-5-4-6-8-19)29-35(32,33)23-15-11-21(27)12-16-23/h4-16,24,29H,2-3,17-18H2,1H3,(H,28,30)/t24-/m0/s1. The number of benzene rings is 3. The van der Waals surface area contributed by atoms with Gasteiger partial charge in [0.1, 0.15) is 6.04 Å². The summed E-state index contributed by atoms with van der Waals surface area (Å²) in [6.45, 7) is 2.36. The fourth-order valence-corrected chi connectivity index (χ4v) is 4.54. The smallest absolute Gasteiger partial charge is 0.338 e. The molecule has 0 heterocycles. The molecule has 0 spiro atoms. The fourth-order valence-electron chi connectivity index (χ4n) is 3.22. The molecule has 0 aliphatic carbocycles. The van der Waals surface area contributed by atoms with Gasteiger partial charge < -0.3 is 10.1 Å². The number of esters is 1. The molecule has 0 saturated carbocycles. The van der Waals surface area contributed by atoms with E-state index in [2.05, 4.69) is 10.0 Å². The molecule has 2 N–H and O–H groups in total. The van der Waals surface area contributed by atoms with Gasteiger partial charge >= 0.3 is 5.97 Å². The van der Waals surface area contributed by atoms with E-state index in [9.17, 15) is 18.0 Å². The molecule has 0 bridgehead atoms. The van der Waals surface area contributed by atoms with Crippen molar-refractivity contribution in [2.75, 3.05) is 11.9 Å². The summed E-state index contributed by atoms with van der Waals surface area (Å²) in [5.74, 6) is -0.973. The Morgan fingerprint density at radius 3 is 2.23 bits per heavy atom. The summed E-state index contributed by atoms with van der Waals surface area (Å²) in [6, 6.07) is 19.9. The Kier molecular flexibility index (Phi) is 9.42. The number of amides is 1. The fraction of sp³-hybridized carbons (Fsp3) is 0.231. The number of hydrogen-bond donors (Lipinski definition) is 2. The first-order valence-corrected chi connectivity index (χ1v) is 13.0. The molecule has 0 aliphatic heterocycles. The van der Waals surface area contributed by atoms with Crippen LogP contribution in [0.25, 0.3) is 0 Å². The molecule has 0 radical (unpaired) electrons. The van der Waals surface area contributed by atoms with Gasteiger partial charge in [-0.1, -0.05) is 55.3 Å². The largest absolute Gasteiger partial charge is 0.462 e. The third kappa shape index (κ3) is 7.92. The third-order valence-corrected chi connectivity index (χ3v) is 6.88. The number of hydrogen-bond acceptors (Lipinski definition) is 5. The van der Waals surface area contributed by atoms with Crippen LogP contribution in [0.3, 0.4) is 0 Å². The maximum Gasteiger partial charge on any atom is 0.338 e. The van der Waals surface area contributed by atoms with Crippen molar-refractivity contribution in [1.29, 1.82) is 0 Å².